The Kier molecular flexibility index (Phi) is 3.26. The minimum atomic E-state index is -0.300. The summed E-state index contributed by atoms with van der Waals surface area (Å²) in [6.07, 6.45) is 1.64. The van der Waals surface area contributed by atoms with Crippen molar-refractivity contribution in [1.82, 2.24) is 19.4 Å². The molecular weight excluding hydrogens is 292 g/mol. The molecule has 3 aromatic heterocycles. The molecule has 108 valence electrons. The fourth-order valence-electron chi connectivity index (χ4n) is 2.02. The van der Waals surface area contributed by atoms with Crippen molar-refractivity contribution in [2.75, 3.05) is 17.7 Å². The Balaban J connectivity index is 1.96. The SMILES string of the molecule is CNc1ccc2ccc(C(=O)Nc3cn(C)nc3Cl)n2n1. The standard InChI is InChI=1S/C13H13ClN6O/c1-15-11-6-4-8-3-5-10(20(8)17-11)13(21)16-9-7-19(2)18-12(9)14/h3-7H,1-2H3,(H,15,17)(H,16,21). The highest BCUT2D eigenvalue weighted by atomic mass is 35.5. The summed E-state index contributed by atoms with van der Waals surface area (Å²) in [5.41, 5.74) is 1.71. The number of aryl methyl sites for hydroxylation is 1. The first-order valence-corrected chi connectivity index (χ1v) is 6.63. The fraction of sp³-hybridized carbons (Fsp3) is 0.154. The molecule has 3 heterocycles. The molecule has 0 bridgehead atoms. The Labute approximate surface area is 125 Å². The number of rotatable bonds is 3. The smallest absolute Gasteiger partial charge is 0.274 e. The zero-order chi connectivity index (χ0) is 15.0. The molecule has 0 aromatic carbocycles. The Morgan fingerprint density at radius 1 is 1.24 bits per heavy atom. The highest BCUT2D eigenvalue weighted by Gasteiger charge is 2.15. The number of fused-ring (bicyclic) bond motifs is 1. The van der Waals surface area contributed by atoms with Gasteiger partial charge in [-0.05, 0) is 24.3 Å². The van der Waals surface area contributed by atoms with Crippen molar-refractivity contribution in [3.8, 4) is 0 Å². The van der Waals surface area contributed by atoms with Gasteiger partial charge in [0.2, 0.25) is 0 Å². The van der Waals surface area contributed by atoms with Crippen LogP contribution in [-0.4, -0.2) is 32.3 Å². The van der Waals surface area contributed by atoms with Gasteiger partial charge in [-0.15, -0.1) is 5.10 Å². The Hall–Kier alpha value is -2.54. The van der Waals surface area contributed by atoms with Crippen LogP contribution in [0.5, 0.6) is 0 Å². The van der Waals surface area contributed by atoms with Crippen LogP contribution < -0.4 is 10.6 Å². The molecule has 3 rings (SSSR count). The van der Waals surface area contributed by atoms with Crippen LogP contribution in [0.4, 0.5) is 11.5 Å². The van der Waals surface area contributed by atoms with Crippen LogP contribution in [0.15, 0.2) is 30.5 Å². The van der Waals surface area contributed by atoms with Gasteiger partial charge in [0.15, 0.2) is 5.15 Å². The molecule has 0 saturated heterocycles. The lowest BCUT2D eigenvalue weighted by Gasteiger charge is -2.05. The molecule has 0 aliphatic rings. The Morgan fingerprint density at radius 3 is 2.67 bits per heavy atom. The summed E-state index contributed by atoms with van der Waals surface area (Å²) in [7, 11) is 3.50. The molecule has 7 nitrogen and oxygen atoms in total. The zero-order valence-electron chi connectivity index (χ0n) is 11.5. The third kappa shape index (κ3) is 2.43. The maximum atomic E-state index is 12.4. The second-order valence-electron chi connectivity index (χ2n) is 4.49. The monoisotopic (exact) mass is 304 g/mol. The van der Waals surface area contributed by atoms with Crippen LogP contribution in [-0.2, 0) is 7.05 Å². The van der Waals surface area contributed by atoms with E-state index in [0.717, 1.165) is 5.52 Å². The number of halogens is 1. The van der Waals surface area contributed by atoms with Crippen molar-refractivity contribution < 1.29 is 4.79 Å². The van der Waals surface area contributed by atoms with E-state index in [1.807, 2.05) is 18.2 Å². The Morgan fingerprint density at radius 2 is 2.00 bits per heavy atom. The maximum Gasteiger partial charge on any atom is 0.274 e. The summed E-state index contributed by atoms with van der Waals surface area (Å²) in [6.45, 7) is 0. The predicted molar refractivity (Wildman–Crippen MR) is 80.9 cm³/mol. The van der Waals surface area contributed by atoms with Crippen LogP contribution >= 0.6 is 11.6 Å². The number of nitrogens with zero attached hydrogens (tertiary/aromatic N) is 4. The number of carbonyl (C=O) groups is 1. The van der Waals surface area contributed by atoms with E-state index in [1.165, 1.54) is 4.68 Å². The molecular formula is C13H13ClN6O. The van der Waals surface area contributed by atoms with E-state index >= 15 is 0 Å². The van der Waals surface area contributed by atoms with Gasteiger partial charge in [0.25, 0.3) is 5.91 Å². The summed E-state index contributed by atoms with van der Waals surface area (Å²) in [4.78, 5) is 12.4. The van der Waals surface area contributed by atoms with E-state index in [2.05, 4.69) is 20.8 Å². The van der Waals surface area contributed by atoms with E-state index in [9.17, 15) is 4.79 Å². The number of hydrogen-bond donors (Lipinski definition) is 2. The number of anilines is 2. The maximum absolute atomic E-state index is 12.4. The van der Waals surface area contributed by atoms with Crippen molar-refractivity contribution >= 4 is 34.5 Å². The molecule has 0 radical (unpaired) electrons. The van der Waals surface area contributed by atoms with Crippen LogP contribution in [0, 0.1) is 0 Å². The lowest BCUT2D eigenvalue weighted by molar-refractivity contribution is 0.102. The van der Waals surface area contributed by atoms with Crippen molar-refractivity contribution in [3.63, 3.8) is 0 Å². The number of aromatic nitrogens is 4. The third-order valence-electron chi connectivity index (χ3n) is 3.03. The first-order valence-electron chi connectivity index (χ1n) is 6.25. The molecule has 0 spiro atoms. The molecule has 0 aliphatic carbocycles. The molecule has 0 fully saturated rings. The molecule has 1 amide bonds. The minimum Gasteiger partial charge on any atom is -0.372 e. The number of nitrogens with one attached hydrogen (secondary N) is 2. The highest BCUT2D eigenvalue weighted by Crippen LogP contribution is 2.20. The van der Waals surface area contributed by atoms with E-state index in [0.29, 0.717) is 17.2 Å². The van der Waals surface area contributed by atoms with Crippen LogP contribution in [0.3, 0.4) is 0 Å². The van der Waals surface area contributed by atoms with E-state index < -0.39 is 0 Å². The van der Waals surface area contributed by atoms with E-state index in [-0.39, 0.29) is 11.1 Å². The highest BCUT2D eigenvalue weighted by molar-refractivity contribution is 6.32. The molecule has 0 unspecified atom stereocenters. The largest absolute Gasteiger partial charge is 0.372 e. The third-order valence-corrected chi connectivity index (χ3v) is 3.30. The van der Waals surface area contributed by atoms with Gasteiger partial charge in [0.05, 0.1) is 11.2 Å². The zero-order valence-corrected chi connectivity index (χ0v) is 12.2. The van der Waals surface area contributed by atoms with Crippen LogP contribution in [0.25, 0.3) is 5.52 Å². The van der Waals surface area contributed by atoms with Gasteiger partial charge < -0.3 is 10.6 Å². The predicted octanol–water partition coefficient (Wildman–Crippen LogP) is 2.02. The van der Waals surface area contributed by atoms with Gasteiger partial charge in [-0.25, -0.2) is 4.52 Å². The van der Waals surface area contributed by atoms with E-state index in [4.69, 9.17) is 11.6 Å². The van der Waals surface area contributed by atoms with Crippen molar-refractivity contribution in [1.29, 1.82) is 0 Å². The topological polar surface area (TPSA) is 76.2 Å². The van der Waals surface area contributed by atoms with Crippen molar-refractivity contribution in [3.05, 3.63) is 41.3 Å². The quantitative estimate of drug-likeness (QED) is 0.776. The normalized spacial score (nSPS) is 10.8. The summed E-state index contributed by atoms with van der Waals surface area (Å²) >= 11 is 5.94. The first-order chi connectivity index (χ1) is 10.1. The second kappa shape index (κ2) is 5.10. The van der Waals surface area contributed by atoms with Gasteiger partial charge >= 0.3 is 0 Å². The summed E-state index contributed by atoms with van der Waals surface area (Å²) < 4.78 is 3.11. The van der Waals surface area contributed by atoms with Crippen LogP contribution in [0.1, 0.15) is 10.5 Å². The molecule has 0 aliphatic heterocycles. The molecule has 2 N–H and O–H groups in total. The van der Waals surface area contributed by atoms with E-state index in [1.54, 1.807) is 30.9 Å². The lowest BCUT2D eigenvalue weighted by atomic mass is 10.4. The Bertz CT molecular complexity index is 821. The average molecular weight is 305 g/mol. The summed E-state index contributed by atoms with van der Waals surface area (Å²) in [6, 6.07) is 7.26. The molecule has 3 aromatic rings. The van der Waals surface area contributed by atoms with Gasteiger partial charge in [-0.1, -0.05) is 11.6 Å². The number of amides is 1. The van der Waals surface area contributed by atoms with Gasteiger partial charge in [-0.2, -0.15) is 5.10 Å². The average Bonchev–Trinajstić information content (AvgIpc) is 3.01. The van der Waals surface area contributed by atoms with Crippen molar-refractivity contribution in [2.24, 2.45) is 7.05 Å². The van der Waals surface area contributed by atoms with Gasteiger partial charge in [-0.3, -0.25) is 9.48 Å². The summed E-state index contributed by atoms with van der Waals surface area (Å²) in [5, 5.41) is 14.2. The second-order valence-corrected chi connectivity index (χ2v) is 4.84. The fourth-order valence-corrected chi connectivity index (χ4v) is 2.24. The number of hydrogen-bond acceptors (Lipinski definition) is 4. The van der Waals surface area contributed by atoms with Crippen molar-refractivity contribution in [2.45, 2.75) is 0 Å². The summed E-state index contributed by atoms with van der Waals surface area (Å²) in [5.74, 6) is 0.373. The molecule has 21 heavy (non-hydrogen) atoms. The molecule has 8 heteroatoms. The molecule has 0 saturated carbocycles. The van der Waals surface area contributed by atoms with Gasteiger partial charge in [0, 0.05) is 20.3 Å². The lowest BCUT2D eigenvalue weighted by Crippen LogP contribution is -2.15. The molecule has 0 atom stereocenters. The number of carbonyl (C=O) groups excluding carboxylic acids is 1. The van der Waals surface area contributed by atoms with Gasteiger partial charge in [0.1, 0.15) is 11.5 Å². The first kappa shape index (κ1) is 13.4. The van der Waals surface area contributed by atoms with Crippen LogP contribution in [0.2, 0.25) is 5.15 Å². The minimum absolute atomic E-state index is 0.246.